The Hall–Kier alpha value is -3.72. The van der Waals surface area contributed by atoms with Crippen molar-refractivity contribution in [2.75, 3.05) is 12.4 Å². The summed E-state index contributed by atoms with van der Waals surface area (Å²) in [5.74, 6) is 2.24. The van der Waals surface area contributed by atoms with Crippen LogP contribution in [0.1, 0.15) is 22.7 Å². The van der Waals surface area contributed by atoms with Crippen molar-refractivity contribution in [3.05, 3.63) is 68.6 Å². The van der Waals surface area contributed by atoms with Crippen LogP contribution in [0.2, 0.25) is 5.02 Å². The highest BCUT2D eigenvalue weighted by molar-refractivity contribution is 6.47. The molecule has 0 aliphatic carbocycles. The van der Waals surface area contributed by atoms with Gasteiger partial charge in [-0.25, -0.2) is 4.98 Å². The van der Waals surface area contributed by atoms with Gasteiger partial charge in [0.15, 0.2) is 5.92 Å². The SMILES string of the molecule is COC(=O)C(C(=NN)C(=O)Nc1ccc(C)c(C)c1)c1nc2ccc(Cl)cc2[nH]c1=O. The van der Waals surface area contributed by atoms with Crippen LogP contribution in [0.4, 0.5) is 5.69 Å². The number of aromatic nitrogens is 2. The van der Waals surface area contributed by atoms with Crippen LogP contribution in [0, 0.1) is 13.8 Å². The Bertz CT molecular complexity index is 1270. The Labute approximate surface area is 182 Å². The molecule has 0 spiro atoms. The third kappa shape index (κ3) is 4.56. The Balaban J connectivity index is 2.05. The van der Waals surface area contributed by atoms with E-state index < -0.39 is 29.1 Å². The molecule has 3 aromatic rings. The molecule has 0 saturated heterocycles. The summed E-state index contributed by atoms with van der Waals surface area (Å²) in [4.78, 5) is 45.0. The molecule has 0 aliphatic heterocycles. The molecule has 4 N–H and O–H groups in total. The van der Waals surface area contributed by atoms with Gasteiger partial charge < -0.3 is 20.9 Å². The maximum Gasteiger partial charge on any atom is 0.321 e. The van der Waals surface area contributed by atoms with Gasteiger partial charge in [0.05, 0.1) is 18.1 Å². The van der Waals surface area contributed by atoms with Gasteiger partial charge in [0.25, 0.3) is 11.5 Å². The molecular weight excluding hydrogens is 422 g/mol. The minimum absolute atomic E-state index is 0.277. The van der Waals surface area contributed by atoms with Crippen LogP contribution in [0.5, 0.6) is 0 Å². The number of hydrogen-bond donors (Lipinski definition) is 3. The molecule has 0 saturated carbocycles. The van der Waals surface area contributed by atoms with Crippen LogP contribution < -0.4 is 16.7 Å². The maximum atomic E-state index is 12.9. The fourth-order valence-electron chi connectivity index (χ4n) is 3.02. The van der Waals surface area contributed by atoms with Crippen molar-refractivity contribution in [1.82, 2.24) is 9.97 Å². The number of halogens is 1. The van der Waals surface area contributed by atoms with Crippen LogP contribution in [-0.2, 0) is 14.3 Å². The first-order chi connectivity index (χ1) is 14.7. The van der Waals surface area contributed by atoms with E-state index in [1.807, 2.05) is 19.9 Å². The number of hydrogen-bond acceptors (Lipinski definition) is 7. The number of hydrazone groups is 1. The summed E-state index contributed by atoms with van der Waals surface area (Å²) < 4.78 is 4.80. The monoisotopic (exact) mass is 441 g/mol. The van der Waals surface area contributed by atoms with E-state index in [1.54, 1.807) is 24.3 Å². The molecule has 9 nitrogen and oxygen atoms in total. The third-order valence-electron chi connectivity index (χ3n) is 4.80. The lowest BCUT2D eigenvalue weighted by atomic mass is 9.98. The zero-order valence-corrected chi connectivity index (χ0v) is 17.8. The molecule has 2 aromatic carbocycles. The van der Waals surface area contributed by atoms with Crippen molar-refractivity contribution in [2.45, 2.75) is 19.8 Å². The molecule has 3 rings (SSSR count). The third-order valence-corrected chi connectivity index (χ3v) is 5.04. The zero-order valence-electron chi connectivity index (χ0n) is 17.0. The van der Waals surface area contributed by atoms with Crippen LogP contribution in [-0.4, -0.2) is 34.7 Å². The van der Waals surface area contributed by atoms with E-state index in [2.05, 4.69) is 20.4 Å². The number of nitrogens with zero attached hydrogens (tertiary/aromatic N) is 2. The van der Waals surface area contributed by atoms with Crippen molar-refractivity contribution in [3.63, 3.8) is 0 Å². The van der Waals surface area contributed by atoms with E-state index in [-0.39, 0.29) is 5.69 Å². The quantitative estimate of drug-likeness (QED) is 0.240. The minimum atomic E-state index is -1.54. The average Bonchev–Trinajstić information content (AvgIpc) is 2.73. The number of H-pyrrole nitrogens is 1. The van der Waals surface area contributed by atoms with Gasteiger partial charge in [0.1, 0.15) is 11.4 Å². The van der Waals surface area contributed by atoms with Crippen LogP contribution in [0.15, 0.2) is 46.3 Å². The normalized spacial score (nSPS) is 12.5. The van der Waals surface area contributed by atoms with E-state index in [4.69, 9.17) is 22.2 Å². The number of carbonyl (C=O) groups excluding carboxylic acids is 2. The second-order valence-corrected chi connectivity index (χ2v) is 7.27. The zero-order chi connectivity index (χ0) is 22.7. The molecule has 0 bridgehead atoms. The molecular formula is C21H20ClN5O4. The van der Waals surface area contributed by atoms with E-state index in [9.17, 15) is 14.4 Å². The summed E-state index contributed by atoms with van der Waals surface area (Å²) in [6, 6.07) is 9.97. The van der Waals surface area contributed by atoms with Gasteiger partial charge in [0.2, 0.25) is 0 Å². The first kappa shape index (κ1) is 22.0. The molecule has 0 aliphatic rings. The van der Waals surface area contributed by atoms with E-state index in [0.29, 0.717) is 21.7 Å². The van der Waals surface area contributed by atoms with Gasteiger partial charge in [-0.05, 0) is 55.3 Å². The van der Waals surface area contributed by atoms with Gasteiger partial charge in [-0.3, -0.25) is 14.4 Å². The van der Waals surface area contributed by atoms with Gasteiger partial charge >= 0.3 is 5.97 Å². The number of benzene rings is 2. The molecule has 10 heteroatoms. The molecule has 0 fully saturated rings. The molecule has 1 atom stereocenters. The van der Waals surface area contributed by atoms with Crippen molar-refractivity contribution < 1.29 is 14.3 Å². The first-order valence-electron chi connectivity index (χ1n) is 9.18. The van der Waals surface area contributed by atoms with Crippen molar-refractivity contribution in [2.24, 2.45) is 10.9 Å². The number of nitrogens with two attached hydrogens (primary N) is 1. The Morgan fingerprint density at radius 3 is 2.58 bits per heavy atom. The number of rotatable bonds is 5. The van der Waals surface area contributed by atoms with E-state index in [1.165, 1.54) is 6.07 Å². The Morgan fingerprint density at radius 1 is 1.19 bits per heavy atom. The number of esters is 1. The average molecular weight is 442 g/mol. The van der Waals surface area contributed by atoms with Gasteiger partial charge in [0, 0.05) is 10.7 Å². The molecule has 0 radical (unpaired) electrons. The van der Waals surface area contributed by atoms with Gasteiger partial charge in [-0.15, -0.1) is 0 Å². The van der Waals surface area contributed by atoms with Crippen molar-refractivity contribution >= 4 is 45.9 Å². The standard InChI is InChI=1S/C21H20ClN5O4/c1-10-4-6-13(8-11(10)2)24-20(29)18(27-23)16(21(30)31-3)17-19(28)26-15-9-12(22)5-7-14(15)25-17/h4-9,16H,23H2,1-3H3,(H,24,29)(H,26,28). The molecule has 160 valence electrons. The number of amides is 1. The highest BCUT2D eigenvalue weighted by Crippen LogP contribution is 2.21. The minimum Gasteiger partial charge on any atom is -0.468 e. The molecule has 31 heavy (non-hydrogen) atoms. The first-order valence-corrected chi connectivity index (χ1v) is 9.56. The topological polar surface area (TPSA) is 140 Å². The van der Waals surface area contributed by atoms with Crippen LogP contribution in [0.3, 0.4) is 0 Å². The van der Waals surface area contributed by atoms with Crippen molar-refractivity contribution in [3.8, 4) is 0 Å². The lowest BCUT2D eigenvalue weighted by Gasteiger charge is -2.16. The van der Waals surface area contributed by atoms with Crippen molar-refractivity contribution in [1.29, 1.82) is 0 Å². The number of methoxy groups -OCH3 is 1. The predicted molar refractivity (Wildman–Crippen MR) is 118 cm³/mol. The highest BCUT2D eigenvalue weighted by Gasteiger charge is 2.36. The molecule has 1 amide bonds. The summed E-state index contributed by atoms with van der Waals surface area (Å²) in [7, 11) is 1.12. The lowest BCUT2D eigenvalue weighted by Crippen LogP contribution is -2.38. The lowest BCUT2D eigenvalue weighted by molar-refractivity contribution is -0.141. The number of nitrogens with one attached hydrogen (secondary N) is 2. The van der Waals surface area contributed by atoms with Gasteiger partial charge in [-0.1, -0.05) is 17.7 Å². The predicted octanol–water partition coefficient (Wildman–Crippen LogP) is 2.40. The largest absolute Gasteiger partial charge is 0.468 e. The number of aromatic amines is 1. The summed E-state index contributed by atoms with van der Waals surface area (Å²) in [6.07, 6.45) is 0. The number of anilines is 1. The van der Waals surface area contributed by atoms with Gasteiger partial charge in [-0.2, -0.15) is 5.10 Å². The smallest absolute Gasteiger partial charge is 0.321 e. The summed E-state index contributed by atoms with van der Waals surface area (Å²) in [6.45, 7) is 3.83. The highest BCUT2D eigenvalue weighted by atomic mass is 35.5. The van der Waals surface area contributed by atoms with Crippen LogP contribution in [0.25, 0.3) is 11.0 Å². The number of ether oxygens (including phenoxy) is 1. The molecule has 1 heterocycles. The summed E-state index contributed by atoms with van der Waals surface area (Å²) in [5.41, 5.74) is 1.82. The number of aryl methyl sites for hydroxylation is 2. The number of carbonyl (C=O) groups is 2. The second kappa shape index (κ2) is 8.97. The van der Waals surface area contributed by atoms with E-state index >= 15 is 0 Å². The Morgan fingerprint density at radius 2 is 1.94 bits per heavy atom. The molecule has 1 unspecified atom stereocenters. The molecule has 1 aromatic heterocycles. The summed E-state index contributed by atoms with van der Waals surface area (Å²) >= 11 is 5.95. The Kier molecular flexibility index (Phi) is 6.36. The maximum absolute atomic E-state index is 12.9. The summed E-state index contributed by atoms with van der Waals surface area (Å²) in [5, 5.41) is 6.54. The fraction of sp³-hybridized carbons (Fsp3) is 0.190. The second-order valence-electron chi connectivity index (χ2n) is 6.84. The fourth-order valence-corrected chi connectivity index (χ4v) is 3.19. The van der Waals surface area contributed by atoms with E-state index in [0.717, 1.165) is 18.2 Å². The number of fused-ring (bicyclic) bond motifs is 1. The van der Waals surface area contributed by atoms with Crippen LogP contribution >= 0.6 is 11.6 Å².